The van der Waals surface area contributed by atoms with Gasteiger partial charge in [0.2, 0.25) is 5.91 Å². The number of benzene rings is 1. The van der Waals surface area contributed by atoms with Crippen LogP contribution in [-0.4, -0.2) is 26.5 Å². The Labute approximate surface area is 109 Å². The molecule has 0 aliphatic rings. The van der Waals surface area contributed by atoms with Crippen molar-refractivity contribution in [2.45, 2.75) is 19.4 Å². The number of carbonyl (C=O) groups excluding carboxylic acids is 1. The Balaban J connectivity index is 1.91. The van der Waals surface area contributed by atoms with E-state index in [1.807, 2.05) is 12.1 Å². The summed E-state index contributed by atoms with van der Waals surface area (Å²) in [6.07, 6.45) is 0.291. The predicted octanol–water partition coefficient (Wildman–Crippen LogP) is 1.27. The van der Waals surface area contributed by atoms with Crippen LogP contribution in [-0.2, 0) is 11.2 Å². The Bertz CT molecular complexity index is 511. The Morgan fingerprint density at radius 3 is 2.78 bits per heavy atom. The number of aromatic amines is 1. The highest BCUT2D eigenvalue weighted by Crippen LogP contribution is 2.10. The van der Waals surface area contributed by atoms with Crippen LogP contribution in [0.1, 0.15) is 24.4 Å². The lowest BCUT2D eigenvalue weighted by atomic mass is 10.1. The van der Waals surface area contributed by atoms with Crippen molar-refractivity contribution in [2.75, 3.05) is 0 Å². The summed E-state index contributed by atoms with van der Waals surface area (Å²) in [7, 11) is 0. The largest absolute Gasteiger partial charge is 0.346 e. The molecule has 0 aliphatic heterocycles. The Hall–Kier alpha value is -1.95. The molecule has 2 rings (SSSR count). The fourth-order valence-corrected chi connectivity index (χ4v) is 1.62. The second-order valence-corrected chi connectivity index (χ2v) is 4.30. The number of amides is 1. The number of halogens is 1. The molecule has 7 heteroatoms. The van der Waals surface area contributed by atoms with Crippen LogP contribution in [0.3, 0.4) is 0 Å². The van der Waals surface area contributed by atoms with E-state index in [1.165, 1.54) is 0 Å². The van der Waals surface area contributed by atoms with Gasteiger partial charge in [-0.25, -0.2) is 0 Å². The maximum atomic E-state index is 11.8. The van der Waals surface area contributed by atoms with Crippen molar-refractivity contribution < 1.29 is 4.79 Å². The van der Waals surface area contributed by atoms with E-state index in [0.29, 0.717) is 17.3 Å². The highest BCUT2D eigenvalue weighted by molar-refractivity contribution is 6.30. The first-order valence-electron chi connectivity index (χ1n) is 5.42. The fourth-order valence-electron chi connectivity index (χ4n) is 1.50. The van der Waals surface area contributed by atoms with Crippen LogP contribution in [0.25, 0.3) is 0 Å². The SMILES string of the molecule is CC(NC(=O)Cc1ccc(Cl)cc1)c1nn[nH]n1. The molecule has 1 atom stereocenters. The molecule has 0 saturated carbocycles. The minimum absolute atomic E-state index is 0.102. The van der Waals surface area contributed by atoms with Crippen molar-refractivity contribution in [3.63, 3.8) is 0 Å². The molecule has 1 aromatic heterocycles. The monoisotopic (exact) mass is 265 g/mol. The van der Waals surface area contributed by atoms with E-state index < -0.39 is 0 Å². The lowest BCUT2D eigenvalue weighted by Gasteiger charge is -2.09. The van der Waals surface area contributed by atoms with Gasteiger partial charge in [0, 0.05) is 5.02 Å². The molecule has 2 N–H and O–H groups in total. The second kappa shape index (κ2) is 5.59. The number of aromatic nitrogens is 4. The highest BCUT2D eigenvalue weighted by atomic mass is 35.5. The van der Waals surface area contributed by atoms with Crippen LogP contribution >= 0.6 is 11.6 Å². The molecular weight excluding hydrogens is 254 g/mol. The molecule has 2 aromatic rings. The number of hydrogen-bond donors (Lipinski definition) is 2. The van der Waals surface area contributed by atoms with Crippen LogP contribution in [0.2, 0.25) is 5.02 Å². The van der Waals surface area contributed by atoms with Gasteiger partial charge in [0.25, 0.3) is 0 Å². The number of H-pyrrole nitrogens is 1. The first-order chi connectivity index (χ1) is 8.65. The van der Waals surface area contributed by atoms with Gasteiger partial charge < -0.3 is 5.32 Å². The summed E-state index contributed by atoms with van der Waals surface area (Å²) in [6, 6.07) is 6.88. The van der Waals surface area contributed by atoms with Crippen LogP contribution < -0.4 is 5.32 Å². The average Bonchev–Trinajstić information content (AvgIpc) is 2.85. The van der Waals surface area contributed by atoms with Crippen LogP contribution in [0, 0.1) is 0 Å². The summed E-state index contributed by atoms with van der Waals surface area (Å²) in [5.41, 5.74) is 0.900. The summed E-state index contributed by atoms with van der Waals surface area (Å²) in [5.74, 6) is 0.356. The van der Waals surface area contributed by atoms with Crippen molar-refractivity contribution in [3.05, 3.63) is 40.7 Å². The maximum Gasteiger partial charge on any atom is 0.225 e. The summed E-state index contributed by atoms with van der Waals surface area (Å²) in [5, 5.41) is 16.8. The first kappa shape index (κ1) is 12.5. The Kier molecular flexibility index (Phi) is 3.88. The molecule has 1 aromatic carbocycles. The van der Waals surface area contributed by atoms with Crippen molar-refractivity contribution in [1.29, 1.82) is 0 Å². The van der Waals surface area contributed by atoms with E-state index in [9.17, 15) is 4.79 Å². The van der Waals surface area contributed by atoms with Gasteiger partial charge in [0.1, 0.15) is 0 Å². The molecular formula is C11H12ClN5O. The minimum atomic E-state index is -0.274. The number of hydrogen-bond acceptors (Lipinski definition) is 4. The number of rotatable bonds is 4. The zero-order chi connectivity index (χ0) is 13.0. The average molecular weight is 266 g/mol. The Morgan fingerprint density at radius 1 is 1.44 bits per heavy atom. The van der Waals surface area contributed by atoms with E-state index in [0.717, 1.165) is 5.56 Å². The lowest BCUT2D eigenvalue weighted by Crippen LogP contribution is -2.28. The molecule has 0 bridgehead atoms. The molecule has 0 saturated heterocycles. The van der Waals surface area contributed by atoms with Gasteiger partial charge in [-0.1, -0.05) is 28.9 Å². The third-order valence-corrected chi connectivity index (χ3v) is 2.66. The van der Waals surface area contributed by atoms with E-state index in [1.54, 1.807) is 19.1 Å². The highest BCUT2D eigenvalue weighted by Gasteiger charge is 2.13. The third kappa shape index (κ3) is 3.27. The van der Waals surface area contributed by atoms with Crippen LogP contribution in [0.5, 0.6) is 0 Å². The third-order valence-electron chi connectivity index (χ3n) is 2.40. The van der Waals surface area contributed by atoms with Crippen molar-refractivity contribution in [3.8, 4) is 0 Å². The van der Waals surface area contributed by atoms with Crippen molar-refractivity contribution in [2.24, 2.45) is 0 Å². The van der Waals surface area contributed by atoms with Gasteiger partial charge in [0.05, 0.1) is 12.5 Å². The minimum Gasteiger partial charge on any atom is -0.346 e. The van der Waals surface area contributed by atoms with Crippen molar-refractivity contribution >= 4 is 17.5 Å². The predicted molar refractivity (Wildman–Crippen MR) is 65.9 cm³/mol. The van der Waals surface area contributed by atoms with Crippen molar-refractivity contribution in [1.82, 2.24) is 25.9 Å². The number of nitrogens with one attached hydrogen (secondary N) is 2. The van der Waals surface area contributed by atoms with Gasteiger partial charge in [-0.05, 0) is 24.6 Å². The van der Waals surface area contributed by atoms with Gasteiger partial charge in [-0.15, -0.1) is 10.2 Å². The number of nitrogens with zero attached hydrogens (tertiary/aromatic N) is 3. The van der Waals surface area contributed by atoms with Crippen LogP contribution in [0.4, 0.5) is 0 Å². The molecule has 0 spiro atoms. The molecule has 0 fully saturated rings. The fraction of sp³-hybridized carbons (Fsp3) is 0.273. The van der Waals surface area contributed by atoms with E-state index in [-0.39, 0.29) is 11.9 Å². The van der Waals surface area contributed by atoms with Gasteiger partial charge >= 0.3 is 0 Å². The topological polar surface area (TPSA) is 83.6 Å². The molecule has 6 nitrogen and oxygen atoms in total. The number of carbonyl (C=O) groups is 1. The second-order valence-electron chi connectivity index (χ2n) is 3.86. The molecule has 1 amide bonds. The zero-order valence-corrected chi connectivity index (χ0v) is 10.5. The van der Waals surface area contributed by atoms with E-state index >= 15 is 0 Å². The van der Waals surface area contributed by atoms with Gasteiger partial charge in [-0.3, -0.25) is 4.79 Å². The lowest BCUT2D eigenvalue weighted by molar-refractivity contribution is -0.121. The maximum absolute atomic E-state index is 11.8. The quantitative estimate of drug-likeness (QED) is 0.872. The number of tetrazole rings is 1. The molecule has 18 heavy (non-hydrogen) atoms. The molecule has 0 aliphatic carbocycles. The van der Waals surface area contributed by atoms with Gasteiger partial charge in [-0.2, -0.15) is 5.21 Å². The Morgan fingerprint density at radius 2 is 2.17 bits per heavy atom. The summed E-state index contributed by atoms with van der Waals surface area (Å²) < 4.78 is 0. The smallest absolute Gasteiger partial charge is 0.225 e. The normalized spacial score (nSPS) is 12.1. The van der Waals surface area contributed by atoms with Gasteiger partial charge in [0.15, 0.2) is 5.82 Å². The van der Waals surface area contributed by atoms with E-state index in [4.69, 9.17) is 11.6 Å². The molecule has 1 heterocycles. The standard InChI is InChI=1S/C11H12ClN5O/c1-7(11-14-16-17-15-11)13-10(18)6-8-2-4-9(12)5-3-8/h2-5,7H,6H2,1H3,(H,13,18)(H,14,15,16,17). The zero-order valence-electron chi connectivity index (χ0n) is 9.72. The summed E-state index contributed by atoms with van der Waals surface area (Å²) >= 11 is 5.77. The molecule has 0 radical (unpaired) electrons. The van der Waals surface area contributed by atoms with Crippen LogP contribution in [0.15, 0.2) is 24.3 Å². The summed E-state index contributed by atoms with van der Waals surface area (Å²) in [4.78, 5) is 11.8. The van der Waals surface area contributed by atoms with E-state index in [2.05, 4.69) is 25.9 Å². The first-order valence-corrected chi connectivity index (χ1v) is 5.80. The molecule has 94 valence electrons. The molecule has 1 unspecified atom stereocenters. The summed E-state index contributed by atoms with van der Waals surface area (Å²) in [6.45, 7) is 1.80.